The number of halogens is 1. The third kappa shape index (κ3) is 6.12. The SMILES string of the molecule is Nc1nc2c(cc(Br)n2C2C[C@H](O)[C@@H](COP(=O)(O)OP(=O)(O)OP(=O)(O)O)O2)c(=O)[nH]1. The lowest BCUT2D eigenvalue weighted by Crippen LogP contribution is -2.26. The van der Waals surface area contributed by atoms with Crippen LogP contribution in [0.2, 0.25) is 0 Å². The van der Waals surface area contributed by atoms with Crippen LogP contribution in [0.4, 0.5) is 5.95 Å². The van der Waals surface area contributed by atoms with Gasteiger partial charge < -0.3 is 35.2 Å². The van der Waals surface area contributed by atoms with E-state index in [9.17, 15) is 28.5 Å². The Bertz CT molecular complexity index is 1230. The van der Waals surface area contributed by atoms with Crippen molar-refractivity contribution in [3.63, 3.8) is 0 Å². The molecule has 1 fully saturated rings. The van der Waals surface area contributed by atoms with Crippen molar-refractivity contribution in [2.75, 3.05) is 12.3 Å². The molecule has 0 amide bonds. The highest BCUT2D eigenvalue weighted by Gasteiger charge is 2.43. The molecular formula is C11H16BrN4O13P3. The van der Waals surface area contributed by atoms with Gasteiger partial charge >= 0.3 is 23.5 Å². The van der Waals surface area contributed by atoms with E-state index in [0.717, 1.165) is 0 Å². The fourth-order valence-electron chi connectivity index (χ4n) is 2.86. The van der Waals surface area contributed by atoms with Crippen molar-refractivity contribution in [3.05, 3.63) is 21.0 Å². The Morgan fingerprint density at radius 2 is 1.91 bits per heavy atom. The summed E-state index contributed by atoms with van der Waals surface area (Å²) in [6.07, 6.45) is -3.54. The van der Waals surface area contributed by atoms with Gasteiger partial charge in [-0.1, -0.05) is 0 Å². The van der Waals surface area contributed by atoms with Crippen molar-refractivity contribution in [2.24, 2.45) is 0 Å². The number of ether oxygens (including phenoxy) is 1. The zero-order valence-electron chi connectivity index (χ0n) is 15.4. The van der Waals surface area contributed by atoms with Gasteiger partial charge in [-0.25, -0.2) is 13.7 Å². The van der Waals surface area contributed by atoms with Crippen LogP contribution in [0.15, 0.2) is 15.5 Å². The van der Waals surface area contributed by atoms with E-state index in [2.05, 4.69) is 39.0 Å². The number of nitrogens with zero attached hydrogens (tertiary/aromatic N) is 2. The molecule has 5 atom stereocenters. The summed E-state index contributed by atoms with van der Waals surface area (Å²) in [5.74, 6) is -0.169. The Morgan fingerprint density at radius 1 is 1.25 bits per heavy atom. The normalized spacial score (nSPS) is 25.6. The van der Waals surface area contributed by atoms with Crippen LogP contribution in [-0.2, 0) is 31.6 Å². The van der Waals surface area contributed by atoms with Crippen LogP contribution in [-0.4, -0.2) is 58.0 Å². The van der Waals surface area contributed by atoms with Crippen LogP contribution >= 0.6 is 39.4 Å². The lowest BCUT2D eigenvalue weighted by molar-refractivity contribution is -0.0428. The summed E-state index contributed by atoms with van der Waals surface area (Å²) in [6.45, 7) is -0.839. The fraction of sp³-hybridized carbons (Fsp3) is 0.455. The Labute approximate surface area is 185 Å². The molecule has 17 nitrogen and oxygen atoms in total. The van der Waals surface area contributed by atoms with Gasteiger partial charge in [0.1, 0.15) is 12.3 Å². The van der Waals surface area contributed by atoms with Gasteiger partial charge in [0.25, 0.3) is 5.56 Å². The molecule has 0 aliphatic carbocycles. The number of H-pyrrole nitrogens is 1. The number of anilines is 1. The first kappa shape index (κ1) is 25.6. The monoisotopic (exact) mass is 584 g/mol. The summed E-state index contributed by atoms with van der Waals surface area (Å²) < 4.78 is 52.8. The smallest absolute Gasteiger partial charge is 0.390 e. The number of phosphoric ester groups is 1. The number of rotatable bonds is 8. The van der Waals surface area contributed by atoms with Crippen LogP contribution in [0.3, 0.4) is 0 Å². The van der Waals surface area contributed by atoms with Gasteiger partial charge in [-0.05, 0) is 22.0 Å². The van der Waals surface area contributed by atoms with Crippen LogP contribution in [0.5, 0.6) is 0 Å². The van der Waals surface area contributed by atoms with Gasteiger partial charge in [0.05, 0.1) is 22.7 Å². The third-order valence-electron chi connectivity index (χ3n) is 3.99. The number of nitrogens with two attached hydrogens (primary N) is 1. The standard InChI is InChI=1S/C11H16BrN4O13P3/c12-7-1-4-9(14-11(13)15-10(4)18)16(7)8-2-5(17)6(27-8)3-26-31(22,23)29-32(24,25)28-30(19,20)21/h1,5-6,8,17H,2-3H2,(H,22,23)(H,24,25)(H2,19,20,21)(H3,13,14,15,18)/t5-,6+,8?/m0/s1. The topological polar surface area (TPSA) is 266 Å². The number of aliphatic hydroxyl groups excluding tert-OH is 1. The molecule has 180 valence electrons. The van der Waals surface area contributed by atoms with E-state index >= 15 is 0 Å². The molecule has 0 bridgehead atoms. The predicted molar refractivity (Wildman–Crippen MR) is 107 cm³/mol. The first-order valence-electron chi connectivity index (χ1n) is 8.25. The van der Waals surface area contributed by atoms with E-state index in [1.807, 2.05) is 0 Å². The van der Waals surface area contributed by atoms with Gasteiger partial charge in [-0.2, -0.15) is 13.6 Å². The molecule has 0 radical (unpaired) electrons. The summed E-state index contributed by atoms with van der Waals surface area (Å²) in [4.78, 5) is 54.1. The number of aliphatic hydroxyl groups is 1. The molecule has 8 N–H and O–H groups in total. The summed E-state index contributed by atoms with van der Waals surface area (Å²) in [7, 11) is -16.6. The van der Waals surface area contributed by atoms with E-state index in [-0.39, 0.29) is 23.4 Å². The number of hydrogen-bond acceptors (Lipinski definition) is 11. The zero-order valence-corrected chi connectivity index (χ0v) is 19.7. The summed E-state index contributed by atoms with van der Waals surface area (Å²) in [5.41, 5.74) is 5.17. The minimum atomic E-state index is -5.67. The fourth-order valence-corrected chi connectivity index (χ4v) is 6.51. The lowest BCUT2D eigenvalue weighted by atomic mass is 10.2. The van der Waals surface area contributed by atoms with Crippen LogP contribution in [0.1, 0.15) is 12.6 Å². The Kier molecular flexibility index (Phi) is 7.21. The number of nitrogen functional groups attached to an aromatic ring is 1. The van der Waals surface area contributed by atoms with Crippen molar-refractivity contribution >= 4 is 56.4 Å². The minimum absolute atomic E-state index is 0.0822. The Morgan fingerprint density at radius 3 is 2.53 bits per heavy atom. The number of fused-ring (bicyclic) bond motifs is 1. The molecule has 0 aromatic carbocycles. The van der Waals surface area contributed by atoms with Crippen molar-refractivity contribution in [2.45, 2.75) is 24.9 Å². The van der Waals surface area contributed by atoms with Gasteiger partial charge in [0.2, 0.25) is 5.95 Å². The molecule has 1 aliphatic rings. The maximum Gasteiger partial charge on any atom is 0.490 e. The average molecular weight is 585 g/mol. The first-order valence-corrected chi connectivity index (χ1v) is 13.6. The molecular weight excluding hydrogens is 569 g/mol. The van der Waals surface area contributed by atoms with Crippen molar-refractivity contribution < 1.29 is 56.3 Å². The van der Waals surface area contributed by atoms with Gasteiger partial charge in [0.15, 0.2) is 5.65 Å². The number of nitrogens with one attached hydrogen (secondary N) is 1. The Hall–Kier alpha value is -0.970. The Balaban J connectivity index is 1.71. The molecule has 2 aromatic rings. The second-order valence-corrected chi connectivity index (χ2v) is 11.6. The number of aromatic nitrogens is 3. The first-order chi connectivity index (χ1) is 14.6. The zero-order chi connectivity index (χ0) is 24.1. The average Bonchev–Trinajstić information content (AvgIpc) is 3.09. The maximum absolute atomic E-state index is 12.0. The largest absolute Gasteiger partial charge is 0.490 e. The molecule has 2 aromatic heterocycles. The second kappa shape index (κ2) is 9.00. The minimum Gasteiger partial charge on any atom is -0.390 e. The highest BCUT2D eigenvalue weighted by Crippen LogP contribution is 2.66. The molecule has 3 rings (SSSR count). The van der Waals surface area contributed by atoms with Gasteiger partial charge in [-0.3, -0.25) is 18.9 Å². The number of aromatic amines is 1. The predicted octanol–water partition coefficient (Wildman–Crippen LogP) is 0.0610. The van der Waals surface area contributed by atoms with Crippen molar-refractivity contribution in [3.8, 4) is 0 Å². The molecule has 3 unspecified atom stereocenters. The molecule has 0 saturated carbocycles. The van der Waals surface area contributed by atoms with E-state index < -0.39 is 54.1 Å². The number of hydrogen-bond donors (Lipinski definition) is 7. The van der Waals surface area contributed by atoms with Crippen molar-refractivity contribution in [1.82, 2.24) is 14.5 Å². The van der Waals surface area contributed by atoms with Crippen LogP contribution in [0, 0.1) is 0 Å². The van der Waals surface area contributed by atoms with E-state index in [4.69, 9.17) is 25.2 Å². The maximum atomic E-state index is 12.0. The van der Waals surface area contributed by atoms with E-state index in [0.29, 0.717) is 4.60 Å². The van der Waals surface area contributed by atoms with Crippen LogP contribution < -0.4 is 11.3 Å². The highest BCUT2D eigenvalue weighted by atomic mass is 79.9. The summed E-state index contributed by atoms with van der Waals surface area (Å²) >= 11 is 3.24. The lowest BCUT2D eigenvalue weighted by Gasteiger charge is -2.19. The second-order valence-electron chi connectivity index (χ2n) is 6.34. The third-order valence-corrected chi connectivity index (χ3v) is 8.40. The molecule has 1 saturated heterocycles. The molecule has 21 heteroatoms. The van der Waals surface area contributed by atoms with Crippen molar-refractivity contribution in [1.29, 1.82) is 0 Å². The van der Waals surface area contributed by atoms with Gasteiger partial charge in [-0.15, -0.1) is 0 Å². The highest BCUT2D eigenvalue weighted by molar-refractivity contribution is 9.10. The van der Waals surface area contributed by atoms with E-state index in [1.165, 1.54) is 10.6 Å². The molecule has 1 aliphatic heterocycles. The van der Waals surface area contributed by atoms with Gasteiger partial charge in [0, 0.05) is 6.42 Å². The van der Waals surface area contributed by atoms with E-state index in [1.54, 1.807) is 0 Å². The molecule has 3 heterocycles. The van der Waals surface area contributed by atoms with Crippen LogP contribution in [0.25, 0.3) is 11.0 Å². The molecule has 32 heavy (non-hydrogen) atoms. The summed E-state index contributed by atoms with van der Waals surface area (Å²) in [5, 5.41) is 10.4. The molecule has 0 spiro atoms. The quantitative estimate of drug-likeness (QED) is 0.202. The number of phosphoric acid groups is 3. The summed E-state index contributed by atoms with van der Waals surface area (Å²) in [6, 6.07) is 1.44.